The molecule has 0 aromatic heterocycles. The van der Waals surface area contributed by atoms with Crippen molar-refractivity contribution in [2.45, 2.75) is 91.6 Å². The lowest BCUT2D eigenvalue weighted by Crippen LogP contribution is -2.72. The first-order chi connectivity index (χ1) is 15.5. The van der Waals surface area contributed by atoms with Gasteiger partial charge < -0.3 is 19.3 Å². The summed E-state index contributed by atoms with van der Waals surface area (Å²) < 4.78 is 17.2. The Balaban J connectivity index is 1.98. The first kappa shape index (κ1) is 24.9. The van der Waals surface area contributed by atoms with Gasteiger partial charge in [0, 0.05) is 23.7 Å². The van der Waals surface area contributed by atoms with Crippen molar-refractivity contribution in [3.63, 3.8) is 0 Å². The first-order valence-electron chi connectivity index (χ1n) is 12.0. The molecule has 0 aromatic rings. The number of carbonyl (C=O) groups is 4. The van der Waals surface area contributed by atoms with Crippen molar-refractivity contribution in [2.24, 2.45) is 34.0 Å². The summed E-state index contributed by atoms with van der Waals surface area (Å²) in [6, 6.07) is 0. The number of hydrogen-bond donors (Lipinski definition) is 1. The number of carbonyl (C=O) groups excluding carboxylic acids is 4. The molecule has 2 aliphatic carbocycles. The van der Waals surface area contributed by atoms with Crippen LogP contribution in [0, 0.1) is 34.0 Å². The van der Waals surface area contributed by atoms with Crippen LogP contribution in [0.4, 0.5) is 0 Å². The van der Waals surface area contributed by atoms with Crippen molar-refractivity contribution in [1.82, 2.24) is 0 Å². The summed E-state index contributed by atoms with van der Waals surface area (Å²) >= 11 is 0. The average molecular weight is 477 g/mol. The molecule has 0 unspecified atom stereocenters. The van der Waals surface area contributed by atoms with E-state index < -0.39 is 69.9 Å². The second-order valence-electron chi connectivity index (χ2n) is 11.9. The smallest absolute Gasteiger partial charge is 0.311 e. The molecule has 4 rings (SSSR count). The number of rotatable bonds is 1. The number of cyclic esters (lactones) is 2. The number of Topliss-reactive ketones (excluding diaryl/α,β-unsaturated/α-hetero) is 1. The molecule has 0 spiro atoms. The minimum absolute atomic E-state index is 0.184. The van der Waals surface area contributed by atoms with E-state index in [1.54, 1.807) is 27.7 Å². The maximum Gasteiger partial charge on any atom is 0.311 e. The van der Waals surface area contributed by atoms with Crippen molar-refractivity contribution >= 4 is 23.7 Å². The van der Waals surface area contributed by atoms with Gasteiger partial charge in [0.2, 0.25) is 0 Å². The van der Waals surface area contributed by atoms with Gasteiger partial charge in [-0.3, -0.25) is 19.2 Å². The molecule has 0 amide bonds. The third kappa shape index (κ3) is 2.99. The molecule has 9 atom stereocenters. The number of aliphatic hydroxyl groups is 1. The zero-order chi connectivity index (χ0) is 25.6. The van der Waals surface area contributed by atoms with Crippen LogP contribution >= 0.6 is 0 Å². The molecule has 2 heterocycles. The number of allylic oxidation sites excluding steroid dienone is 1. The fourth-order valence-electron chi connectivity index (χ4n) is 8.15. The van der Waals surface area contributed by atoms with Crippen molar-refractivity contribution < 1.29 is 38.5 Å². The molecular weight excluding hydrogens is 440 g/mol. The van der Waals surface area contributed by atoms with Gasteiger partial charge in [-0.15, -0.1) is 0 Å². The van der Waals surface area contributed by atoms with E-state index in [1.165, 1.54) is 6.92 Å². The lowest BCUT2D eigenvalue weighted by Gasteiger charge is -2.68. The molecule has 2 saturated heterocycles. The topological polar surface area (TPSA) is 116 Å². The molecule has 2 saturated carbocycles. The third-order valence-corrected chi connectivity index (χ3v) is 9.79. The van der Waals surface area contributed by atoms with Crippen molar-refractivity contribution in [3.05, 3.63) is 12.2 Å². The van der Waals surface area contributed by atoms with E-state index in [1.807, 2.05) is 13.8 Å². The quantitative estimate of drug-likeness (QED) is 0.349. The Bertz CT molecular complexity index is 983. The van der Waals surface area contributed by atoms with Gasteiger partial charge in [0.05, 0.1) is 23.9 Å². The van der Waals surface area contributed by atoms with Gasteiger partial charge in [0.25, 0.3) is 0 Å². The summed E-state index contributed by atoms with van der Waals surface area (Å²) in [5, 5.41) is 11.5. The molecule has 8 heteroatoms. The molecule has 8 nitrogen and oxygen atoms in total. The molecule has 2 aliphatic heterocycles. The lowest BCUT2D eigenvalue weighted by atomic mass is 9.36. The summed E-state index contributed by atoms with van der Waals surface area (Å²) in [7, 11) is 0. The summed E-state index contributed by atoms with van der Waals surface area (Å²) in [5.41, 5.74) is -3.50. The number of hydrogen-bond acceptors (Lipinski definition) is 8. The van der Waals surface area contributed by atoms with Crippen molar-refractivity contribution in [2.75, 3.05) is 0 Å². The van der Waals surface area contributed by atoms with Crippen LogP contribution < -0.4 is 0 Å². The average Bonchev–Trinajstić information content (AvgIpc) is 2.75. The number of ketones is 1. The monoisotopic (exact) mass is 476 g/mol. The largest absolute Gasteiger partial charge is 0.462 e. The minimum Gasteiger partial charge on any atom is -0.462 e. The van der Waals surface area contributed by atoms with E-state index in [2.05, 4.69) is 6.58 Å². The Morgan fingerprint density at radius 1 is 1.06 bits per heavy atom. The zero-order valence-corrected chi connectivity index (χ0v) is 21.1. The summed E-state index contributed by atoms with van der Waals surface area (Å²) in [6.45, 7) is 16.3. The van der Waals surface area contributed by atoms with Gasteiger partial charge in [0.15, 0.2) is 11.9 Å². The number of ether oxygens (including phenoxy) is 3. The lowest BCUT2D eigenvalue weighted by molar-refractivity contribution is -0.255. The van der Waals surface area contributed by atoms with Gasteiger partial charge >= 0.3 is 17.9 Å². The van der Waals surface area contributed by atoms with Gasteiger partial charge in [-0.1, -0.05) is 26.0 Å². The minimum atomic E-state index is -1.20. The number of aliphatic hydroxyl groups excluding tert-OH is 1. The van der Waals surface area contributed by atoms with Crippen LogP contribution in [-0.2, 0) is 33.4 Å². The Hall–Kier alpha value is -2.22. The molecule has 4 aliphatic rings. The molecule has 188 valence electrons. The predicted octanol–water partition coefficient (Wildman–Crippen LogP) is 2.75. The van der Waals surface area contributed by atoms with Crippen LogP contribution in [-0.4, -0.2) is 52.7 Å². The van der Waals surface area contributed by atoms with Gasteiger partial charge in [-0.05, 0) is 46.5 Å². The number of esters is 3. The number of fused-ring (bicyclic) bond motifs is 5. The van der Waals surface area contributed by atoms with Gasteiger partial charge in [0.1, 0.15) is 11.7 Å². The molecule has 34 heavy (non-hydrogen) atoms. The molecule has 1 N–H and O–H groups in total. The van der Waals surface area contributed by atoms with Crippen molar-refractivity contribution in [3.8, 4) is 0 Å². The van der Waals surface area contributed by atoms with Crippen LogP contribution in [0.2, 0.25) is 0 Å². The van der Waals surface area contributed by atoms with Crippen LogP contribution in [0.1, 0.15) is 67.7 Å². The van der Waals surface area contributed by atoms with Crippen LogP contribution in [0.15, 0.2) is 12.2 Å². The highest BCUT2D eigenvalue weighted by molar-refractivity contribution is 6.00. The second kappa shape index (κ2) is 7.39. The van der Waals surface area contributed by atoms with Crippen LogP contribution in [0.3, 0.4) is 0 Å². The predicted molar refractivity (Wildman–Crippen MR) is 120 cm³/mol. The molecular formula is C26H36O8. The fraction of sp³-hybridized carbons (Fsp3) is 0.769. The Kier molecular flexibility index (Phi) is 5.41. The second-order valence-corrected chi connectivity index (χ2v) is 11.9. The Morgan fingerprint density at radius 2 is 1.68 bits per heavy atom. The first-order valence-corrected chi connectivity index (χ1v) is 12.0. The van der Waals surface area contributed by atoms with Crippen LogP contribution in [0.25, 0.3) is 0 Å². The summed E-state index contributed by atoms with van der Waals surface area (Å²) in [6.07, 6.45) is -2.31. The third-order valence-electron chi connectivity index (χ3n) is 9.79. The SMILES string of the molecule is C=C1C[C@H]2[C@](C)([C@@H](OC(C)=O)C[C@H]3C(C)(C)OC(=O)C[C@@H](O)[C@@]23C)[C@@H]2C(=O)O[C@H](C)C(=O)[C@]12C. The fourth-order valence-corrected chi connectivity index (χ4v) is 8.15. The van der Waals surface area contributed by atoms with E-state index >= 15 is 0 Å². The molecule has 0 bridgehead atoms. The Labute approximate surface area is 200 Å². The maximum absolute atomic E-state index is 13.5. The highest BCUT2D eigenvalue weighted by Gasteiger charge is 2.75. The van der Waals surface area contributed by atoms with E-state index in [4.69, 9.17) is 14.2 Å². The molecule has 0 aromatic carbocycles. The van der Waals surface area contributed by atoms with E-state index in [-0.39, 0.29) is 24.5 Å². The normalized spacial score (nSPS) is 47.9. The van der Waals surface area contributed by atoms with Gasteiger partial charge in [-0.2, -0.15) is 0 Å². The van der Waals surface area contributed by atoms with Crippen LogP contribution in [0.5, 0.6) is 0 Å². The molecule has 4 fully saturated rings. The standard InChI is InChI=1S/C26H36O8/c1-12-9-16-25(7)15(23(4,5)34-19(29)11-17(25)28)10-18(33-14(3)27)26(16,8)20-22(31)32-13(2)21(30)24(12,20)6/h13,15-18,20,28H,1,9-11H2,2-8H3/t13-,15+,16-,17-,18+,20-,24-,25-,26-/m1/s1. The van der Waals surface area contributed by atoms with E-state index in [0.29, 0.717) is 12.0 Å². The Morgan fingerprint density at radius 3 is 2.26 bits per heavy atom. The van der Waals surface area contributed by atoms with E-state index in [9.17, 15) is 24.3 Å². The highest BCUT2D eigenvalue weighted by Crippen LogP contribution is 2.71. The summed E-state index contributed by atoms with van der Waals surface area (Å²) in [5.74, 6) is -3.53. The molecule has 0 radical (unpaired) electrons. The van der Waals surface area contributed by atoms with E-state index in [0.717, 1.165) is 0 Å². The van der Waals surface area contributed by atoms with Gasteiger partial charge in [-0.25, -0.2) is 0 Å². The summed E-state index contributed by atoms with van der Waals surface area (Å²) in [4.78, 5) is 51.8. The maximum atomic E-state index is 13.5. The zero-order valence-electron chi connectivity index (χ0n) is 21.1. The highest BCUT2D eigenvalue weighted by atomic mass is 16.6. The van der Waals surface area contributed by atoms with Crippen molar-refractivity contribution in [1.29, 1.82) is 0 Å².